The number of rotatable bonds is 4. The van der Waals surface area contributed by atoms with Gasteiger partial charge in [-0.3, -0.25) is 0 Å². The number of fused-ring (bicyclic) bond motifs is 7. The maximum absolute atomic E-state index is 10.2. The van der Waals surface area contributed by atoms with Crippen molar-refractivity contribution in [3.05, 3.63) is 181 Å². The third-order valence-electron chi connectivity index (χ3n) is 8.48. The molecule has 0 radical (unpaired) electrons. The summed E-state index contributed by atoms with van der Waals surface area (Å²) in [5.74, 6) is -2.75. The van der Waals surface area contributed by atoms with E-state index in [2.05, 4.69) is 0 Å². The standard InChI is InChI=1S/C48H30BNOS/c1-2-13-31(14-3-1)36-17-4-5-18-37(36)33-25-26-47-40(28-33)41-29-34(30-46-48(41)49(52-47)42-21-8-11-24-45(42)51-46)32-15-12-16-35(27-32)50-43-22-9-6-19-38(43)39-20-7-10-23-44(39)50/h1-30H/i1D,2D,3D,4D,5D,6D,7D,8D,9D,10D,11D,12D,13D,14D,15D,16D,17D,18D,19D,20D,21D,22D,23D,24D,25D,26D,27D,28D,29D,30D. The molecule has 3 heterocycles. The molecule has 0 saturated heterocycles. The van der Waals surface area contributed by atoms with Gasteiger partial charge in [0, 0.05) is 21.4 Å². The number of para-hydroxylation sites is 3. The highest BCUT2D eigenvalue weighted by atomic mass is 32.2. The molecule has 0 aliphatic carbocycles. The summed E-state index contributed by atoms with van der Waals surface area (Å²) in [7, 11) is 0. The van der Waals surface area contributed by atoms with Crippen LogP contribution < -0.4 is 15.7 Å². The van der Waals surface area contributed by atoms with Crippen molar-refractivity contribution in [1.29, 1.82) is 0 Å². The molecule has 2 aliphatic heterocycles. The van der Waals surface area contributed by atoms with Crippen LogP contribution in [0.1, 0.15) is 41.1 Å². The molecule has 0 amide bonds. The maximum Gasteiger partial charge on any atom is 0.289 e. The van der Waals surface area contributed by atoms with Gasteiger partial charge in [0.05, 0.1) is 52.2 Å². The van der Waals surface area contributed by atoms with Crippen LogP contribution in [-0.4, -0.2) is 10.6 Å². The highest BCUT2D eigenvalue weighted by Crippen LogP contribution is 2.47. The molecular weight excluding hydrogens is 649 g/mol. The summed E-state index contributed by atoms with van der Waals surface area (Å²) >= 11 is 0.611. The molecule has 4 heteroatoms. The van der Waals surface area contributed by atoms with E-state index in [9.17, 15) is 13.7 Å². The number of hydrogen-bond acceptors (Lipinski definition) is 2. The summed E-state index contributed by atoms with van der Waals surface area (Å²) < 4.78 is 278. The molecule has 8 aromatic carbocycles. The van der Waals surface area contributed by atoms with Crippen LogP contribution in [0.2, 0.25) is 0 Å². The zero-order valence-electron chi connectivity index (χ0n) is 55.8. The minimum Gasteiger partial charge on any atom is -0.458 e. The Bertz CT molecular complexity index is 4490. The van der Waals surface area contributed by atoms with Crippen LogP contribution in [0.4, 0.5) is 0 Å². The molecule has 0 N–H and O–H groups in total. The van der Waals surface area contributed by atoms with Gasteiger partial charge in [-0.2, -0.15) is 11.6 Å². The topological polar surface area (TPSA) is 14.2 Å². The van der Waals surface area contributed by atoms with E-state index in [0.717, 1.165) is 4.57 Å². The highest BCUT2D eigenvalue weighted by molar-refractivity contribution is 8.28. The van der Waals surface area contributed by atoms with Gasteiger partial charge in [-0.25, -0.2) is 0 Å². The first-order chi connectivity index (χ1) is 38.3. The summed E-state index contributed by atoms with van der Waals surface area (Å²) in [5, 5.41) is -0.993. The summed E-state index contributed by atoms with van der Waals surface area (Å²) in [6, 6.07) is -27.4. The Morgan fingerprint density at radius 1 is 0.462 bits per heavy atom. The first kappa shape index (κ1) is 12.5. The van der Waals surface area contributed by atoms with E-state index in [4.69, 9.17) is 32.2 Å². The lowest BCUT2D eigenvalue weighted by Crippen LogP contribution is -2.46. The molecule has 2 nitrogen and oxygen atoms in total. The van der Waals surface area contributed by atoms with Crippen LogP contribution in [0.5, 0.6) is 11.5 Å². The van der Waals surface area contributed by atoms with Crippen molar-refractivity contribution >= 4 is 50.3 Å². The number of nitrogens with zero attached hydrogens (tertiary/aromatic N) is 1. The van der Waals surface area contributed by atoms with Crippen molar-refractivity contribution in [2.75, 3.05) is 0 Å². The SMILES string of the molecule is [2H]c1c([2H])c([2H])c(-c2c([2H])c([2H])c([2H])c([2H])c2-c2c([2H])c([2H])c3c(c2[2H])-c2c([2H])c(-c4c([2H])c([2H])c([2H])c(-n5c6c([2H])c([2H])c([2H])c([2H])c6c6c([2H])c([2H])c([2H])c([2H])c65)c4[2H])c([2H])c4c2B(S3)c2c([2H])c([2H])c([2H])c([2H])c2O4)c([2H])c1[2H]. The van der Waals surface area contributed by atoms with E-state index in [0.29, 0.717) is 11.6 Å². The van der Waals surface area contributed by atoms with Gasteiger partial charge in [0.2, 0.25) is 0 Å². The molecule has 2 aliphatic rings. The maximum atomic E-state index is 10.2. The second-order valence-electron chi connectivity index (χ2n) is 11.3. The number of benzene rings is 8. The van der Waals surface area contributed by atoms with Crippen molar-refractivity contribution in [3.8, 4) is 61.7 Å². The molecule has 1 aromatic heterocycles. The number of aromatic nitrogens is 1. The molecular formula is C48H30BNOS. The van der Waals surface area contributed by atoms with Gasteiger partial charge >= 0.3 is 0 Å². The molecule has 9 aromatic rings. The Balaban J connectivity index is 1.33. The van der Waals surface area contributed by atoms with Gasteiger partial charge in [-0.05, 0) is 110 Å². The fourth-order valence-corrected chi connectivity index (χ4v) is 7.53. The quantitative estimate of drug-likeness (QED) is 0.169. The molecule has 242 valence electrons. The normalized spacial score (nSPS) is 20.7. The van der Waals surface area contributed by atoms with E-state index in [-0.39, 0.29) is 15.8 Å². The van der Waals surface area contributed by atoms with Crippen LogP contribution in [0.3, 0.4) is 0 Å². The summed E-state index contributed by atoms with van der Waals surface area (Å²) in [5.41, 5.74) is -8.77. The van der Waals surface area contributed by atoms with Gasteiger partial charge in [-0.1, -0.05) is 127 Å². The summed E-state index contributed by atoms with van der Waals surface area (Å²) in [4.78, 5) is -0.390. The molecule has 52 heavy (non-hydrogen) atoms. The smallest absolute Gasteiger partial charge is 0.289 e. The minimum atomic E-state index is -1.51. The Hall–Kier alpha value is -6.23. The van der Waals surface area contributed by atoms with E-state index < -0.39 is 271 Å². The van der Waals surface area contributed by atoms with E-state index >= 15 is 0 Å². The lowest BCUT2D eigenvalue weighted by Gasteiger charge is -2.33. The van der Waals surface area contributed by atoms with Crippen molar-refractivity contribution in [2.24, 2.45) is 0 Å². The van der Waals surface area contributed by atoms with Gasteiger partial charge < -0.3 is 9.30 Å². The molecule has 0 bridgehead atoms. The van der Waals surface area contributed by atoms with Gasteiger partial charge in [0.1, 0.15) is 11.5 Å². The first-order valence-electron chi connectivity index (χ1n) is 30.3. The van der Waals surface area contributed by atoms with Gasteiger partial charge in [0.25, 0.3) is 5.99 Å². The predicted molar refractivity (Wildman–Crippen MR) is 220 cm³/mol. The summed E-state index contributed by atoms with van der Waals surface area (Å²) in [6.45, 7) is 0. The van der Waals surface area contributed by atoms with E-state index in [1.165, 1.54) is 0 Å². The third kappa shape index (κ3) is 4.54. The van der Waals surface area contributed by atoms with Crippen molar-refractivity contribution in [2.45, 2.75) is 4.90 Å². The zero-order chi connectivity index (χ0) is 60.3. The Morgan fingerprint density at radius 3 is 1.92 bits per heavy atom. The van der Waals surface area contributed by atoms with Crippen LogP contribution in [0, 0.1) is 0 Å². The van der Waals surface area contributed by atoms with Crippen molar-refractivity contribution < 1.29 is 45.9 Å². The monoisotopic (exact) mass is 709 g/mol. The molecule has 0 spiro atoms. The number of ether oxygens (including phenoxy) is 1. The van der Waals surface area contributed by atoms with Gasteiger partial charge in [-0.15, -0.1) is 0 Å². The zero-order valence-corrected chi connectivity index (χ0v) is 26.7. The van der Waals surface area contributed by atoms with Gasteiger partial charge in [0.15, 0.2) is 0 Å². The second-order valence-corrected chi connectivity index (χ2v) is 12.4. The van der Waals surface area contributed by atoms with Crippen LogP contribution in [0.15, 0.2) is 186 Å². The molecule has 0 fully saturated rings. The van der Waals surface area contributed by atoms with Crippen LogP contribution in [0.25, 0.3) is 72.0 Å². The average molecular weight is 710 g/mol. The van der Waals surface area contributed by atoms with Crippen molar-refractivity contribution in [3.63, 3.8) is 0 Å². The fourth-order valence-electron chi connectivity index (χ4n) is 6.29. The Labute approximate surface area is 349 Å². The average Bonchev–Trinajstić information content (AvgIpc) is 3.35. The largest absolute Gasteiger partial charge is 0.458 e. The predicted octanol–water partition coefficient (Wildman–Crippen LogP) is 11.8. The van der Waals surface area contributed by atoms with Crippen LogP contribution >= 0.6 is 11.6 Å². The highest BCUT2D eigenvalue weighted by Gasteiger charge is 2.38. The lowest BCUT2D eigenvalue weighted by atomic mass is 9.57. The number of hydrogen-bond donors (Lipinski definition) is 0. The van der Waals surface area contributed by atoms with E-state index in [1.54, 1.807) is 0 Å². The molecule has 0 unspecified atom stereocenters. The molecule has 11 rings (SSSR count). The molecule has 0 atom stereocenters. The lowest BCUT2D eigenvalue weighted by molar-refractivity contribution is 0.488. The van der Waals surface area contributed by atoms with E-state index in [1.807, 2.05) is 0 Å². The second kappa shape index (κ2) is 11.7. The summed E-state index contributed by atoms with van der Waals surface area (Å²) in [6.07, 6.45) is 0. The fraction of sp³-hybridized carbons (Fsp3) is 0. The Morgan fingerprint density at radius 2 is 1.12 bits per heavy atom. The molecule has 0 saturated carbocycles. The Kier molecular flexibility index (Phi) is 2.80. The minimum absolute atomic E-state index is 0.304. The van der Waals surface area contributed by atoms with Crippen LogP contribution in [-0.2, 0) is 0 Å². The first-order valence-corrected chi connectivity index (χ1v) is 16.2. The third-order valence-corrected chi connectivity index (χ3v) is 9.73. The van der Waals surface area contributed by atoms with Crippen molar-refractivity contribution in [1.82, 2.24) is 4.57 Å².